The summed E-state index contributed by atoms with van der Waals surface area (Å²) in [5, 5.41) is 3.64. The summed E-state index contributed by atoms with van der Waals surface area (Å²) >= 11 is 0. The Labute approximate surface area is 104 Å². The molecule has 1 aromatic rings. The minimum Gasteiger partial charge on any atom is -0.367 e. The molecule has 92 valence electrons. The third-order valence-corrected chi connectivity index (χ3v) is 4.14. The average Bonchev–Trinajstić information content (AvgIpc) is 2.65. The molecule has 0 radical (unpaired) electrons. The highest BCUT2D eigenvalue weighted by Crippen LogP contribution is 2.24. The fourth-order valence-corrected chi connectivity index (χ4v) is 3.13. The van der Waals surface area contributed by atoms with Crippen molar-refractivity contribution in [2.75, 3.05) is 5.32 Å². The van der Waals surface area contributed by atoms with Crippen molar-refractivity contribution in [2.45, 2.75) is 63.8 Å². The van der Waals surface area contributed by atoms with E-state index in [4.69, 9.17) is 4.98 Å². The van der Waals surface area contributed by atoms with E-state index < -0.39 is 0 Å². The second-order valence-corrected chi connectivity index (χ2v) is 5.49. The van der Waals surface area contributed by atoms with Crippen molar-refractivity contribution in [3.8, 4) is 0 Å². The van der Waals surface area contributed by atoms with Crippen molar-refractivity contribution in [3.63, 3.8) is 0 Å². The van der Waals surface area contributed by atoms with Crippen LogP contribution in [0.3, 0.4) is 0 Å². The molecule has 0 spiro atoms. The molecule has 2 heteroatoms. The molecule has 1 N–H and O–H groups in total. The molecule has 1 heterocycles. The molecule has 0 atom stereocenters. The van der Waals surface area contributed by atoms with Gasteiger partial charge in [-0.15, -0.1) is 0 Å². The SMILES string of the molecule is c1cc2c(nc1NC1CCCCCC1)CCC2. The van der Waals surface area contributed by atoms with E-state index in [1.807, 2.05) is 0 Å². The number of rotatable bonds is 2. The Morgan fingerprint density at radius 1 is 0.941 bits per heavy atom. The summed E-state index contributed by atoms with van der Waals surface area (Å²) in [4.78, 5) is 4.77. The summed E-state index contributed by atoms with van der Waals surface area (Å²) in [6, 6.07) is 5.10. The van der Waals surface area contributed by atoms with Gasteiger partial charge in [0.2, 0.25) is 0 Å². The first-order valence-corrected chi connectivity index (χ1v) is 7.17. The van der Waals surface area contributed by atoms with E-state index in [-0.39, 0.29) is 0 Å². The number of hydrogen-bond acceptors (Lipinski definition) is 2. The van der Waals surface area contributed by atoms with Gasteiger partial charge in [0.1, 0.15) is 5.82 Å². The van der Waals surface area contributed by atoms with Gasteiger partial charge in [0.05, 0.1) is 0 Å². The van der Waals surface area contributed by atoms with Crippen molar-refractivity contribution >= 4 is 5.82 Å². The number of nitrogens with zero attached hydrogens (tertiary/aromatic N) is 1. The molecular weight excluding hydrogens is 208 g/mol. The Balaban J connectivity index is 1.67. The van der Waals surface area contributed by atoms with Crippen molar-refractivity contribution in [1.29, 1.82) is 0 Å². The molecule has 1 aromatic heterocycles. The van der Waals surface area contributed by atoms with Gasteiger partial charge >= 0.3 is 0 Å². The zero-order chi connectivity index (χ0) is 11.5. The number of nitrogens with one attached hydrogen (secondary N) is 1. The van der Waals surface area contributed by atoms with Gasteiger partial charge in [-0.3, -0.25) is 0 Å². The molecule has 0 unspecified atom stereocenters. The lowest BCUT2D eigenvalue weighted by atomic mass is 10.1. The highest BCUT2D eigenvalue weighted by atomic mass is 15.0. The maximum atomic E-state index is 4.77. The predicted octanol–water partition coefficient (Wildman–Crippen LogP) is 3.71. The zero-order valence-corrected chi connectivity index (χ0v) is 10.5. The van der Waals surface area contributed by atoms with Gasteiger partial charge < -0.3 is 5.32 Å². The summed E-state index contributed by atoms with van der Waals surface area (Å²) in [6.07, 6.45) is 11.9. The van der Waals surface area contributed by atoms with Crippen molar-refractivity contribution in [1.82, 2.24) is 4.98 Å². The summed E-state index contributed by atoms with van der Waals surface area (Å²) in [5.74, 6) is 1.11. The third kappa shape index (κ3) is 2.62. The third-order valence-electron chi connectivity index (χ3n) is 4.14. The number of aromatic nitrogens is 1. The summed E-state index contributed by atoms with van der Waals surface area (Å²) < 4.78 is 0. The van der Waals surface area contributed by atoms with Gasteiger partial charge in [-0.25, -0.2) is 4.98 Å². The highest BCUT2D eigenvalue weighted by Gasteiger charge is 2.15. The molecule has 0 aliphatic heterocycles. The van der Waals surface area contributed by atoms with Gasteiger partial charge in [-0.05, 0) is 43.7 Å². The topological polar surface area (TPSA) is 24.9 Å². The van der Waals surface area contributed by atoms with Crippen LogP contribution in [-0.2, 0) is 12.8 Å². The molecule has 3 rings (SSSR count). The fourth-order valence-electron chi connectivity index (χ4n) is 3.13. The number of anilines is 1. The van der Waals surface area contributed by atoms with Crippen LogP contribution in [-0.4, -0.2) is 11.0 Å². The monoisotopic (exact) mass is 230 g/mol. The van der Waals surface area contributed by atoms with Crippen molar-refractivity contribution in [3.05, 3.63) is 23.4 Å². The van der Waals surface area contributed by atoms with E-state index in [1.54, 1.807) is 0 Å². The standard InChI is InChI=1S/C15H22N2/c1-2-4-8-13(7-3-1)16-15-11-10-12-6-5-9-14(12)17-15/h10-11,13H,1-9H2,(H,16,17). The molecule has 1 fully saturated rings. The molecule has 0 bridgehead atoms. The van der Waals surface area contributed by atoms with Crippen LogP contribution < -0.4 is 5.32 Å². The first-order chi connectivity index (χ1) is 8.42. The number of fused-ring (bicyclic) bond motifs is 1. The lowest BCUT2D eigenvalue weighted by Gasteiger charge is -2.17. The quantitative estimate of drug-likeness (QED) is 0.783. The highest BCUT2D eigenvalue weighted by molar-refractivity contribution is 5.41. The molecule has 2 nitrogen and oxygen atoms in total. The Morgan fingerprint density at radius 3 is 2.59 bits per heavy atom. The van der Waals surface area contributed by atoms with E-state index >= 15 is 0 Å². The Kier molecular flexibility index (Phi) is 3.30. The van der Waals surface area contributed by atoms with E-state index in [0.29, 0.717) is 6.04 Å². The minimum atomic E-state index is 0.657. The second kappa shape index (κ2) is 5.07. The normalized spacial score (nSPS) is 20.9. The first-order valence-electron chi connectivity index (χ1n) is 7.17. The van der Waals surface area contributed by atoms with Crippen molar-refractivity contribution < 1.29 is 0 Å². The van der Waals surface area contributed by atoms with Crippen LogP contribution in [0.5, 0.6) is 0 Å². The number of aryl methyl sites for hydroxylation is 2. The molecule has 17 heavy (non-hydrogen) atoms. The predicted molar refractivity (Wildman–Crippen MR) is 71.4 cm³/mol. The molecule has 0 saturated heterocycles. The summed E-state index contributed by atoms with van der Waals surface area (Å²) in [6.45, 7) is 0. The van der Waals surface area contributed by atoms with Crippen LogP contribution in [0, 0.1) is 0 Å². The van der Waals surface area contributed by atoms with Crippen LogP contribution in [0.1, 0.15) is 56.2 Å². The van der Waals surface area contributed by atoms with Crippen LogP contribution in [0.4, 0.5) is 5.82 Å². The van der Waals surface area contributed by atoms with Gasteiger partial charge in [-0.2, -0.15) is 0 Å². The molecular formula is C15H22N2. The van der Waals surface area contributed by atoms with Crippen LogP contribution in [0.25, 0.3) is 0 Å². The lowest BCUT2D eigenvalue weighted by Crippen LogP contribution is -2.19. The number of hydrogen-bond donors (Lipinski definition) is 1. The van der Waals surface area contributed by atoms with Crippen LogP contribution in [0.2, 0.25) is 0 Å². The molecule has 1 saturated carbocycles. The maximum absolute atomic E-state index is 4.77. The largest absolute Gasteiger partial charge is 0.367 e. The Hall–Kier alpha value is -1.05. The van der Waals surface area contributed by atoms with Crippen LogP contribution >= 0.6 is 0 Å². The minimum absolute atomic E-state index is 0.657. The van der Waals surface area contributed by atoms with E-state index in [9.17, 15) is 0 Å². The van der Waals surface area contributed by atoms with E-state index in [2.05, 4.69) is 17.4 Å². The smallest absolute Gasteiger partial charge is 0.126 e. The van der Waals surface area contributed by atoms with Crippen molar-refractivity contribution in [2.24, 2.45) is 0 Å². The Bertz CT molecular complexity index is 379. The van der Waals surface area contributed by atoms with E-state index in [1.165, 1.54) is 69.0 Å². The zero-order valence-electron chi connectivity index (χ0n) is 10.5. The number of pyridine rings is 1. The van der Waals surface area contributed by atoms with Gasteiger partial charge in [0.25, 0.3) is 0 Å². The molecule has 0 aromatic carbocycles. The molecule has 0 amide bonds. The van der Waals surface area contributed by atoms with Gasteiger partial charge in [0.15, 0.2) is 0 Å². The first kappa shape index (κ1) is 11.1. The van der Waals surface area contributed by atoms with Crippen LogP contribution in [0.15, 0.2) is 12.1 Å². The van der Waals surface area contributed by atoms with E-state index in [0.717, 1.165) is 5.82 Å². The Morgan fingerprint density at radius 2 is 1.76 bits per heavy atom. The summed E-state index contributed by atoms with van der Waals surface area (Å²) in [7, 11) is 0. The average molecular weight is 230 g/mol. The fraction of sp³-hybridized carbons (Fsp3) is 0.667. The van der Waals surface area contributed by atoms with Gasteiger partial charge in [-0.1, -0.05) is 31.7 Å². The summed E-state index contributed by atoms with van der Waals surface area (Å²) in [5.41, 5.74) is 2.81. The second-order valence-electron chi connectivity index (χ2n) is 5.49. The maximum Gasteiger partial charge on any atom is 0.126 e. The molecule has 2 aliphatic carbocycles. The lowest BCUT2D eigenvalue weighted by molar-refractivity contribution is 0.617. The molecule has 2 aliphatic rings. The van der Waals surface area contributed by atoms with Gasteiger partial charge in [0, 0.05) is 11.7 Å².